The highest BCUT2D eigenvalue weighted by Gasteiger charge is 2.45. The van der Waals surface area contributed by atoms with Crippen molar-refractivity contribution >= 4 is 35.7 Å². The Labute approximate surface area is 369 Å². The summed E-state index contributed by atoms with van der Waals surface area (Å²) in [6, 6.07) is 17.7. The van der Waals surface area contributed by atoms with Crippen LogP contribution in [0.4, 0.5) is 4.79 Å². The molecule has 0 saturated carbocycles. The van der Waals surface area contributed by atoms with Gasteiger partial charge in [0.05, 0.1) is 14.2 Å². The number of hydrogen-bond acceptors (Lipinski definition) is 13. The van der Waals surface area contributed by atoms with Crippen LogP contribution in [0, 0.1) is 5.92 Å². The van der Waals surface area contributed by atoms with Crippen LogP contribution in [0.5, 0.6) is 17.2 Å². The first-order valence-electron chi connectivity index (χ1n) is 20.8. The second-order valence-corrected chi connectivity index (χ2v) is 17.5. The van der Waals surface area contributed by atoms with Crippen molar-refractivity contribution in [1.29, 1.82) is 0 Å². The van der Waals surface area contributed by atoms with Crippen LogP contribution in [0.15, 0.2) is 77.8 Å². The summed E-state index contributed by atoms with van der Waals surface area (Å²) in [5, 5.41) is 8.03. The van der Waals surface area contributed by atoms with Crippen molar-refractivity contribution < 1.29 is 57.1 Å². The number of benzene rings is 3. The van der Waals surface area contributed by atoms with E-state index in [9.17, 15) is 24.0 Å². The molecule has 0 bridgehead atoms. The Bertz CT molecular complexity index is 2090. The third-order valence-corrected chi connectivity index (χ3v) is 9.75. The summed E-state index contributed by atoms with van der Waals surface area (Å²) >= 11 is 0. The molecule has 3 amide bonds. The topological polar surface area (TPSA) is 198 Å². The van der Waals surface area contributed by atoms with E-state index in [-0.39, 0.29) is 30.4 Å². The van der Waals surface area contributed by atoms with Crippen LogP contribution >= 0.6 is 0 Å². The minimum Gasteiger partial charge on any atom is -0.497 e. The lowest BCUT2D eigenvalue weighted by atomic mass is 9.90. The van der Waals surface area contributed by atoms with Gasteiger partial charge < -0.3 is 49.1 Å². The number of hydrogen-bond donors (Lipinski definition) is 3. The maximum Gasteiger partial charge on any atom is 0.408 e. The van der Waals surface area contributed by atoms with E-state index in [4.69, 9.17) is 33.2 Å². The molecule has 3 aromatic carbocycles. The molecule has 5 atom stereocenters. The number of alkyl carbamates (subject to hydrolysis) is 1. The van der Waals surface area contributed by atoms with Crippen LogP contribution in [0.25, 0.3) is 0 Å². The van der Waals surface area contributed by atoms with E-state index in [1.807, 2.05) is 30.3 Å². The highest BCUT2D eigenvalue weighted by atomic mass is 16.6. The fraction of sp³-hybridized carbons (Fsp3) is 0.489. The molecule has 0 aliphatic carbocycles. The highest BCUT2D eigenvalue weighted by molar-refractivity contribution is 5.98. The largest absolute Gasteiger partial charge is 0.497 e. The second kappa shape index (κ2) is 21.2. The van der Waals surface area contributed by atoms with Gasteiger partial charge in [0.1, 0.15) is 47.8 Å². The molecule has 0 fully saturated rings. The summed E-state index contributed by atoms with van der Waals surface area (Å²) in [5.74, 6) is -2.07. The Balaban J connectivity index is 1.79. The molecule has 0 spiro atoms. The van der Waals surface area contributed by atoms with Gasteiger partial charge in [-0.1, -0.05) is 57.2 Å². The number of nitrogens with one attached hydrogen (secondary N) is 3. The Kier molecular flexibility index (Phi) is 16.6. The smallest absolute Gasteiger partial charge is 0.408 e. The van der Waals surface area contributed by atoms with Gasteiger partial charge in [0.2, 0.25) is 17.7 Å². The predicted octanol–water partition coefficient (Wildman–Crippen LogP) is 6.37. The van der Waals surface area contributed by atoms with Crippen molar-refractivity contribution in [3.63, 3.8) is 0 Å². The van der Waals surface area contributed by atoms with Crippen LogP contribution in [-0.2, 0) is 44.7 Å². The van der Waals surface area contributed by atoms with Gasteiger partial charge in [0, 0.05) is 5.56 Å². The van der Waals surface area contributed by atoms with Gasteiger partial charge in [-0.05, 0) is 108 Å². The average Bonchev–Trinajstić information content (AvgIpc) is 3.67. The van der Waals surface area contributed by atoms with E-state index in [1.165, 1.54) is 7.11 Å². The first-order chi connectivity index (χ1) is 29.6. The molecule has 63 heavy (non-hydrogen) atoms. The summed E-state index contributed by atoms with van der Waals surface area (Å²) in [4.78, 5) is 72.0. The number of rotatable bonds is 18. The normalized spacial score (nSPS) is 16.8. The zero-order valence-electron chi connectivity index (χ0n) is 38.3. The fourth-order valence-electron chi connectivity index (χ4n) is 6.39. The van der Waals surface area contributed by atoms with E-state index in [2.05, 4.69) is 20.9 Å². The molecule has 4 rings (SSSR count). The van der Waals surface area contributed by atoms with Crippen molar-refractivity contribution in [3.05, 3.63) is 89.5 Å². The van der Waals surface area contributed by atoms with E-state index < -0.39 is 83.3 Å². The van der Waals surface area contributed by atoms with Crippen molar-refractivity contribution in [2.24, 2.45) is 10.9 Å². The summed E-state index contributed by atoms with van der Waals surface area (Å²) in [6.45, 7) is 16.6. The molecule has 16 nitrogen and oxygen atoms in total. The van der Waals surface area contributed by atoms with Crippen molar-refractivity contribution in [2.75, 3.05) is 20.8 Å². The molecule has 0 saturated heterocycles. The molecule has 16 heteroatoms. The van der Waals surface area contributed by atoms with Crippen molar-refractivity contribution in [1.82, 2.24) is 16.0 Å². The molecule has 1 aliphatic rings. The minimum absolute atomic E-state index is 0.113. The number of carbonyl (C=O) groups excluding carboxylic acids is 5. The molecule has 1 aliphatic heterocycles. The maximum absolute atomic E-state index is 14.3. The molecular formula is C47H62N4O12. The Hall–Kier alpha value is -6.32. The zero-order valence-corrected chi connectivity index (χ0v) is 38.3. The van der Waals surface area contributed by atoms with E-state index in [1.54, 1.807) is 119 Å². The highest BCUT2D eigenvalue weighted by Crippen LogP contribution is 2.40. The average molecular weight is 875 g/mol. The number of nitrogens with zero attached hydrogens (tertiary/aromatic N) is 1. The van der Waals surface area contributed by atoms with Gasteiger partial charge in [-0.15, -0.1) is 0 Å². The Morgan fingerprint density at radius 3 is 2.02 bits per heavy atom. The molecule has 0 aromatic heterocycles. The Morgan fingerprint density at radius 1 is 0.794 bits per heavy atom. The van der Waals surface area contributed by atoms with Gasteiger partial charge >= 0.3 is 18.0 Å². The number of amides is 3. The fourth-order valence-corrected chi connectivity index (χ4v) is 6.39. The van der Waals surface area contributed by atoms with E-state index in [0.29, 0.717) is 16.9 Å². The Morgan fingerprint density at radius 2 is 1.44 bits per heavy atom. The molecule has 0 unspecified atom stereocenters. The molecule has 3 N–H and O–H groups in total. The molecule has 1 heterocycles. The molecule has 342 valence electrons. The zero-order chi connectivity index (χ0) is 46.7. The monoisotopic (exact) mass is 874 g/mol. The molecule has 0 radical (unpaired) electrons. The summed E-state index contributed by atoms with van der Waals surface area (Å²) < 4.78 is 40.8. The molecular weight excluding hydrogens is 813 g/mol. The van der Waals surface area contributed by atoms with Crippen molar-refractivity contribution in [3.8, 4) is 17.2 Å². The molecule has 3 aromatic rings. The standard InChI is InChI=1S/C47H62N4O12/c1-13-47(10,39(41(54)48-26-35(52)62-45(4,5)6)51-40(53)36(28(2)3)50-44(56)63-46(7,8)9)61-34-25-31(21-24-33(34)59-27-29-17-15-14-16-18-29)38-37(43(55)58-12)49-42(60-38)30-19-22-32(57-11)23-20-30/h14-25,28,36-39H,13,26-27H2,1-12H3,(H,48,54)(H,50,56)(H,51,53)/t36-,37-,38+,39+,47+/m0/s1. The lowest BCUT2D eigenvalue weighted by Gasteiger charge is -2.38. The lowest BCUT2D eigenvalue weighted by Crippen LogP contribution is -2.64. The number of aliphatic imine (C=N–C) groups is 1. The van der Waals surface area contributed by atoms with Crippen LogP contribution in [0.3, 0.4) is 0 Å². The third-order valence-electron chi connectivity index (χ3n) is 9.75. The number of ether oxygens (including phenoxy) is 7. The first-order valence-corrected chi connectivity index (χ1v) is 20.8. The van der Waals surface area contributed by atoms with Crippen LogP contribution in [0.2, 0.25) is 0 Å². The number of methoxy groups -OCH3 is 2. The summed E-state index contributed by atoms with van der Waals surface area (Å²) in [6.07, 6.45) is -1.69. The van der Waals surface area contributed by atoms with Crippen LogP contribution in [0.1, 0.15) is 98.5 Å². The van der Waals surface area contributed by atoms with Gasteiger partial charge in [0.25, 0.3) is 0 Å². The van der Waals surface area contributed by atoms with E-state index >= 15 is 0 Å². The summed E-state index contributed by atoms with van der Waals surface area (Å²) in [7, 11) is 2.81. The van der Waals surface area contributed by atoms with Gasteiger partial charge in [0.15, 0.2) is 23.6 Å². The van der Waals surface area contributed by atoms with Crippen LogP contribution < -0.4 is 30.2 Å². The lowest BCUT2D eigenvalue weighted by molar-refractivity contribution is -0.155. The van der Waals surface area contributed by atoms with Crippen LogP contribution in [-0.4, -0.2) is 91.4 Å². The predicted molar refractivity (Wildman–Crippen MR) is 234 cm³/mol. The number of esters is 2. The SMILES string of the molecule is CC[C@@](C)(Oc1cc([C@H]2OC(c3ccc(OC)cc3)=N[C@@H]2C(=O)OC)ccc1OCc1ccccc1)[C@H](NC(=O)[C@@H](NC(=O)OC(C)(C)C)C(C)C)C(=O)NCC(=O)OC(C)(C)C. The third kappa shape index (κ3) is 14.1. The van der Waals surface area contributed by atoms with Gasteiger partial charge in [-0.2, -0.15) is 0 Å². The quantitative estimate of drug-likeness (QED) is 0.0944. The second-order valence-electron chi connectivity index (χ2n) is 17.5. The van der Waals surface area contributed by atoms with E-state index in [0.717, 1.165) is 5.56 Å². The van der Waals surface area contributed by atoms with Crippen molar-refractivity contribution in [2.45, 2.75) is 123 Å². The number of carbonyl (C=O) groups is 5. The first kappa shape index (κ1) is 49.3. The van der Waals surface area contributed by atoms with Gasteiger partial charge in [-0.25, -0.2) is 14.6 Å². The summed E-state index contributed by atoms with van der Waals surface area (Å²) in [5.41, 5.74) is -1.34. The van der Waals surface area contributed by atoms with Gasteiger partial charge in [-0.3, -0.25) is 14.4 Å². The maximum atomic E-state index is 14.3. The minimum atomic E-state index is -1.58.